The molecule has 24 heavy (non-hydrogen) atoms. The minimum atomic E-state index is 0.430. The van der Waals surface area contributed by atoms with Gasteiger partial charge in [-0.05, 0) is 30.7 Å². The van der Waals surface area contributed by atoms with E-state index in [-0.39, 0.29) is 0 Å². The number of hydrogen-bond acceptors (Lipinski definition) is 4. The van der Waals surface area contributed by atoms with Gasteiger partial charge < -0.3 is 10.6 Å². The lowest BCUT2D eigenvalue weighted by Crippen LogP contribution is -2.04. The Morgan fingerprint density at radius 1 is 0.958 bits per heavy atom. The van der Waals surface area contributed by atoms with Crippen LogP contribution in [0.25, 0.3) is 0 Å². The van der Waals surface area contributed by atoms with Crippen molar-refractivity contribution in [1.82, 2.24) is 9.97 Å². The zero-order valence-electron chi connectivity index (χ0n) is 13.1. The molecule has 2 N–H and O–H groups in total. The Labute approximate surface area is 150 Å². The Morgan fingerprint density at radius 2 is 1.67 bits per heavy atom. The molecule has 2 aromatic carbocycles. The number of nitrogens with one attached hydrogen (secondary N) is 2. The van der Waals surface area contributed by atoms with Gasteiger partial charge in [-0.15, -0.1) is 0 Å². The van der Waals surface area contributed by atoms with E-state index in [1.807, 2.05) is 6.07 Å². The van der Waals surface area contributed by atoms with Gasteiger partial charge in [-0.3, -0.25) is 0 Å². The van der Waals surface area contributed by atoms with Gasteiger partial charge in [0.25, 0.3) is 0 Å². The lowest BCUT2D eigenvalue weighted by molar-refractivity contribution is 1.08. The Hall–Kier alpha value is -2.30. The molecule has 0 radical (unpaired) electrons. The minimum Gasteiger partial charge on any atom is -0.366 e. The van der Waals surface area contributed by atoms with Crippen LogP contribution in [0.15, 0.2) is 54.7 Å². The van der Waals surface area contributed by atoms with E-state index in [1.54, 1.807) is 24.4 Å². The Bertz CT molecular complexity index is 814. The highest BCUT2D eigenvalue weighted by atomic mass is 35.5. The lowest BCUT2D eigenvalue weighted by atomic mass is 10.1. The Morgan fingerprint density at radius 3 is 2.38 bits per heavy atom. The van der Waals surface area contributed by atoms with Gasteiger partial charge in [0.2, 0.25) is 5.95 Å². The fourth-order valence-electron chi connectivity index (χ4n) is 2.14. The van der Waals surface area contributed by atoms with E-state index in [2.05, 4.69) is 51.8 Å². The van der Waals surface area contributed by atoms with Gasteiger partial charge >= 0.3 is 0 Å². The van der Waals surface area contributed by atoms with Crippen molar-refractivity contribution in [1.29, 1.82) is 0 Å². The lowest BCUT2D eigenvalue weighted by Gasteiger charge is -2.10. The summed E-state index contributed by atoms with van der Waals surface area (Å²) in [4.78, 5) is 8.64. The highest BCUT2D eigenvalue weighted by Gasteiger charge is 2.07. The highest BCUT2D eigenvalue weighted by molar-refractivity contribution is 6.39. The fraction of sp³-hybridized carbons (Fsp3) is 0.111. The molecular weight excluding hydrogens is 343 g/mol. The minimum absolute atomic E-state index is 0.430. The molecule has 3 rings (SSSR count). The third-order valence-electron chi connectivity index (χ3n) is 3.45. The van der Waals surface area contributed by atoms with Crippen LogP contribution < -0.4 is 10.6 Å². The molecule has 0 amide bonds. The zero-order chi connectivity index (χ0) is 16.9. The molecule has 0 atom stereocenters. The van der Waals surface area contributed by atoms with Crippen LogP contribution in [0.5, 0.6) is 0 Å². The summed E-state index contributed by atoms with van der Waals surface area (Å²) in [6, 6.07) is 15.5. The van der Waals surface area contributed by atoms with Crippen molar-refractivity contribution >= 4 is 40.7 Å². The van der Waals surface area contributed by atoms with Gasteiger partial charge in [0.1, 0.15) is 5.82 Å². The summed E-state index contributed by atoms with van der Waals surface area (Å²) in [5, 5.41) is 7.37. The SMILES string of the molecule is Cc1ccc(CNc2ccnc(Nc3c(Cl)cccc3Cl)n2)cc1. The van der Waals surface area contributed by atoms with E-state index >= 15 is 0 Å². The predicted octanol–water partition coefficient (Wildman–Crippen LogP) is 5.45. The molecule has 0 aliphatic heterocycles. The maximum Gasteiger partial charge on any atom is 0.229 e. The van der Waals surface area contributed by atoms with E-state index in [9.17, 15) is 0 Å². The quantitative estimate of drug-likeness (QED) is 0.636. The second-order valence-electron chi connectivity index (χ2n) is 5.33. The molecule has 0 aliphatic carbocycles. The van der Waals surface area contributed by atoms with Gasteiger partial charge in [0.05, 0.1) is 15.7 Å². The topological polar surface area (TPSA) is 49.8 Å². The molecule has 1 aromatic heterocycles. The van der Waals surface area contributed by atoms with Crippen molar-refractivity contribution in [2.75, 3.05) is 10.6 Å². The van der Waals surface area contributed by atoms with E-state index in [0.717, 1.165) is 5.82 Å². The third kappa shape index (κ3) is 4.16. The van der Waals surface area contributed by atoms with Crippen molar-refractivity contribution in [3.8, 4) is 0 Å². The molecule has 6 heteroatoms. The molecule has 0 aliphatic rings. The van der Waals surface area contributed by atoms with Gasteiger partial charge in [0.15, 0.2) is 0 Å². The van der Waals surface area contributed by atoms with Crippen LogP contribution in [0.2, 0.25) is 10.0 Å². The summed E-state index contributed by atoms with van der Waals surface area (Å²) in [6.07, 6.45) is 1.68. The first kappa shape index (κ1) is 16.6. The molecule has 3 aromatic rings. The van der Waals surface area contributed by atoms with Crippen molar-refractivity contribution < 1.29 is 0 Å². The van der Waals surface area contributed by atoms with Crippen molar-refractivity contribution in [3.05, 3.63) is 75.9 Å². The van der Waals surface area contributed by atoms with Crippen molar-refractivity contribution in [3.63, 3.8) is 0 Å². The maximum absolute atomic E-state index is 6.16. The highest BCUT2D eigenvalue weighted by Crippen LogP contribution is 2.31. The number of para-hydroxylation sites is 1. The summed E-state index contributed by atoms with van der Waals surface area (Å²) >= 11 is 12.3. The molecule has 0 spiro atoms. The standard InChI is InChI=1S/C18H16Cl2N4/c1-12-5-7-13(8-6-12)11-22-16-9-10-21-18(23-16)24-17-14(19)3-2-4-15(17)20/h2-10H,11H2,1H3,(H2,21,22,23,24). The molecule has 1 heterocycles. The second kappa shape index (κ2) is 7.51. The molecule has 0 saturated carbocycles. The smallest absolute Gasteiger partial charge is 0.229 e. The van der Waals surface area contributed by atoms with Crippen molar-refractivity contribution in [2.24, 2.45) is 0 Å². The summed E-state index contributed by atoms with van der Waals surface area (Å²) in [5.41, 5.74) is 3.02. The van der Waals surface area contributed by atoms with E-state index < -0.39 is 0 Å². The van der Waals surface area contributed by atoms with E-state index in [1.165, 1.54) is 11.1 Å². The van der Waals surface area contributed by atoms with Crippen LogP contribution in [-0.4, -0.2) is 9.97 Å². The summed E-state index contributed by atoms with van der Waals surface area (Å²) in [5.74, 6) is 1.15. The summed E-state index contributed by atoms with van der Waals surface area (Å²) < 4.78 is 0. The number of benzene rings is 2. The molecule has 122 valence electrons. The average Bonchev–Trinajstić information content (AvgIpc) is 2.58. The van der Waals surface area contributed by atoms with Crippen LogP contribution >= 0.6 is 23.2 Å². The number of aromatic nitrogens is 2. The predicted molar refractivity (Wildman–Crippen MR) is 100 cm³/mol. The summed E-state index contributed by atoms with van der Waals surface area (Å²) in [7, 11) is 0. The Balaban J connectivity index is 1.71. The first-order valence-electron chi connectivity index (χ1n) is 7.45. The van der Waals surface area contributed by atoms with Gasteiger partial charge in [-0.1, -0.05) is 59.1 Å². The Kier molecular flexibility index (Phi) is 5.18. The molecule has 0 saturated heterocycles. The van der Waals surface area contributed by atoms with Crippen LogP contribution in [0.1, 0.15) is 11.1 Å². The zero-order valence-corrected chi connectivity index (χ0v) is 14.6. The number of halogens is 2. The molecule has 0 fully saturated rings. The fourth-order valence-corrected chi connectivity index (χ4v) is 2.64. The van der Waals surface area contributed by atoms with Gasteiger partial charge in [0, 0.05) is 12.7 Å². The van der Waals surface area contributed by atoms with Gasteiger partial charge in [-0.2, -0.15) is 4.98 Å². The number of nitrogens with zero attached hydrogens (tertiary/aromatic N) is 2. The largest absolute Gasteiger partial charge is 0.366 e. The molecular formula is C18H16Cl2N4. The van der Waals surface area contributed by atoms with E-state index in [0.29, 0.717) is 28.2 Å². The van der Waals surface area contributed by atoms with Crippen molar-refractivity contribution in [2.45, 2.75) is 13.5 Å². The second-order valence-corrected chi connectivity index (χ2v) is 6.14. The third-order valence-corrected chi connectivity index (χ3v) is 4.08. The van der Waals surface area contributed by atoms with Crippen LogP contribution in [0.3, 0.4) is 0 Å². The van der Waals surface area contributed by atoms with Gasteiger partial charge in [-0.25, -0.2) is 4.98 Å². The molecule has 0 bridgehead atoms. The first-order valence-corrected chi connectivity index (χ1v) is 8.21. The normalized spacial score (nSPS) is 10.5. The summed E-state index contributed by atoms with van der Waals surface area (Å²) in [6.45, 7) is 2.75. The maximum atomic E-state index is 6.16. The van der Waals surface area contributed by atoms with Crippen LogP contribution in [0.4, 0.5) is 17.5 Å². The molecule has 4 nitrogen and oxygen atoms in total. The number of hydrogen-bond donors (Lipinski definition) is 2. The monoisotopic (exact) mass is 358 g/mol. The molecule has 0 unspecified atom stereocenters. The van der Waals surface area contributed by atoms with Crippen LogP contribution in [0, 0.1) is 6.92 Å². The first-order chi connectivity index (χ1) is 11.6. The van der Waals surface area contributed by atoms with Crippen LogP contribution in [-0.2, 0) is 6.54 Å². The van der Waals surface area contributed by atoms with E-state index in [4.69, 9.17) is 23.2 Å². The number of rotatable bonds is 5. The average molecular weight is 359 g/mol. The number of aryl methyl sites for hydroxylation is 1. The number of anilines is 3.